The Morgan fingerprint density at radius 1 is 1.03 bits per heavy atom. The van der Waals surface area contributed by atoms with Crippen LogP contribution in [0.2, 0.25) is 0 Å². The summed E-state index contributed by atoms with van der Waals surface area (Å²) >= 11 is 0. The number of hydrogen-bond acceptors (Lipinski definition) is 6. The topological polar surface area (TPSA) is 92.2 Å². The molecule has 11 heteroatoms. The molecule has 2 aromatic carbocycles. The van der Waals surface area contributed by atoms with Crippen molar-refractivity contribution >= 4 is 10.9 Å². The van der Waals surface area contributed by atoms with Gasteiger partial charge in [-0.25, -0.2) is 4.79 Å². The number of alkyl halides is 3. The maximum absolute atomic E-state index is 13.3. The minimum absolute atomic E-state index is 0.0736. The van der Waals surface area contributed by atoms with Crippen LogP contribution < -0.4 is 11.2 Å². The lowest BCUT2D eigenvalue weighted by atomic mass is 10.1. The third-order valence-electron chi connectivity index (χ3n) is 5.77. The summed E-state index contributed by atoms with van der Waals surface area (Å²) in [6.07, 6.45) is -3.03. The number of hydrogen-bond donors (Lipinski definition) is 0. The molecule has 0 amide bonds. The van der Waals surface area contributed by atoms with Crippen molar-refractivity contribution in [1.29, 1.82) is 0 Å². The molecule has 3 heterocycles. The monoisotopic (exact) mass is 472 g/mol. The quantitative estimate of drug-likeness (QED) is 0.442. The van der Waals surface area contributed by atoms with Gasteiger partial charge < -0.3 is 9.26 Å². The molecule has 0 bridgehead atoms. The molecule has 8 nitrogen and oxygen atoms in total. The van der Waals surface area contributed by atoms with Crippen LogP contribution in [0.3, 0.4) is 0 Å². The SMILES string of the molecule is O=c1c2ccccc2n(Cc2nc(-c3ccc(C(F)(F)F)cc3)no2)c(=O)n1CC1CCCO1. The van der Waals surface area contributed by atoms with Gasteiger partial charge in [0, 0.05) is 12.2 Å². The summed E-state index contributed by atoms with van der Waals surface area (Å²) in [7, 11) is 0. The van der Waals surface area contributed by atoms with E-state index in [0.717, 1.165) is 29.5 Å². The predicted octanol–water partition coefficient (Wildman–Crippen LogP) is 3.46. The van der Waals surface area contributed by atoms with Gasteiger partial charge in [-0.15, -0.1) is 0 Å². The van der Waals surface area contributed by atoms with Crippen LogP contribution in [-0.2, 0) is 24.0 Å². The first-order valence-corrected chi connectivity index (χ1v) is 10.7. The van der Waals surface area contributed by atoms with Crippen LogP contribution in [0, 0.1) is 0 Å². The number of nitrogens with zero attached hydrogens (tertiary/aromatic N) is 4. The molecule has 1 aliphatic heterocycles. The molecule has 5 rings (SSSR count). The van der Waals surface area contributed by atoms with Crippen LogP contribution in [-0.4, -0.2) is 32.0 Å². The molecular formula is C23H19F3N4O4. The average Bonchev–Trinajstić information content (AvgIpc) is 3.51. The van der Waals surface area contributed by atoms with Gasteiger partial charge in [0.1, 0.15) is 6.54 Å². The lowest BCUT2D eigenvalue weighted by Crippen LogP contribution is -2.42. The highest BCUT2D eigenvalue weighted by Gasteiger charge is 2.30. The average molecular weight is 472 g/mol. The summed E-state index contributed by atoms with van der Waals surface area (Å²) in [5, 5.41) is 4.20. The number of fused-ring (bicyclic) bond motifs is 1. The Balaban J connectivity index is 1.50. The first-order chi connectivity index (χ1) is 16.3. The van der Waals surface area contributed by atoms with Crippen molar-refractivity contribution in [3.05, 3.63) is 80.8 Å². The zero-order chi connectivity index (χ0) is 23.9. The Labute approximate surface area is 190 Å². The Kier molecular flexibility index (Phi) is 5.56. The second-order valence-corrected chi connectivity index (χ2v) is 8.02. The lowest BCUT2D eigenvalue weighted by Gasteiger charge is -2.15. The third-order valence-corrected chi connectivity index (χ3v) is 5.77. The predicted molar refractivity (Wildman–Crippen MR) is 115 cm³/mol. The minimum atomic E-state index is -4.45. The number of aromatic nitrogens is 4. The fraction of sp³-hybridized carbons (Fsp3) is 0.304. The highest BCUT2D eigenvalue weighted by atomic mass is 19.4. The van der Waals surface area contributed by atoms with E-state index in [1.54, 1.807) is 24.3 Å². The van der Waals surface area contributed by atoms with Gasteiger partial charge in [-0.2, -0.15) is 18.2 Å². The van der Waals surface area contributed by atoms with Crippen molar-refractivity contribution in [3.8, 4) is 11.4 Å². The molecule has 0 spiro atoms. The zero-order valence-electron chi connectivity index (χ0n) is 17.8. The summed E-state index contributed by atoms with van der Waals surface area (Å²) in [6, 6.07) is 11.1. The summed E-state index contributed by atoms with van der Waals surface area (Å²) < 4.78 is 51.8. The van der Waals surface area contributed by atoms with Crippen molar-refractivity contribution in [2.45, 2.75) is 38.2 Å². The van der Waals surface area contributed by atoms with E-state index in [4.69, 9.17) is 9.26 Å². The maximum atomic E-state index is 13.3. The molecular weight excluding hydrogens is 453 g/mol. The largest absolute Gasteiger partial charge is 0.416 e. The number of halogens is 3. The summed E-state index contributed by atoms with van der Waals surface area (Å²) in [4.78, 5) is 30.5. The van der Waals surface area contributed by atoms with Crippen LogP contribution in [0.4, 0.5) is 13.2 Å². The van der Waals surface area contributed by atoms with E-state index in [0.29, 0.717) is 23.1 Å². The molecule has 4 aromatic rings. The van der Waals surface area contributed by atoms with Gasteiger partial charge in [-0.05, 0) is 37.1 Å². The molecule has 1 saturated heterocycles. The third kappa shape index (κ3) is 4.14. The zero-order valence-corrected chi connectivity index (χ0v) is 17.8. The van der Waals surface area contributed by atoms with Crippen LogP contribution in [0.25, 0.3) is 22.3 Å². The van der Waals surface area contributed by atoms with Crippen molar-refractivity contribution in [2.75, 3.05) is 6.61 Å². The molecule has 34 heavy (non-hydrogen) atoms. The van der Waals surface area contributed by atoms with Gasteiger partial charge in [0.05, 0.1) is 29.1 Å². The minimum Gasteiger partial charge on any atom is -0.376 e. The van der Waals surface area contributed by atoms with Gasteiger partial charge in [0.15, 0.2) is 0 Å². The number of rotatable bonds is 5. The molecule has 176 valence electrons. The van der Waals surface area contributed by atoms with E-state index in [1.165, 1.54) is 16.7 Å². The fourth-order valence-corrected chi connectivity index (χ4v) is 4.06. The van der Waals surface area contributed by atoms with Crippen LogP contribution in [0.1, 0.15) is 24.3 Å². The van der Waals surface area contributed by atoms with Gasteiger partial charge in [0.25, 0.3) is 5.56 Å². The van der Waals surface area contributed by atoms with Gasteiger partial charge in [-0.3, -0.25) is 13.9 Å². The summed E-state index contributed by atoms with van der Waals surface area (Å²) in [5.41, 5.74) is -0.970. The molecule has 1 fully saturated rings. The van der Waals surface area contributed by atoms with Crippen LogP contribution in [0.5, 0.6) is 0 Å². The summed E-state index contributed by atoms with van der Waals surface area (Å²) in [6.45, 7) is 0.623. The Bertz CT molecular complexity index is 1450. The van der Waals surface area contributed by atoms with E-state index in [2.05, 4.69) is 10.1 Å². The molecule has 1 aliphatic rings. The summed E-state index contributed by atoms with van der Waals surface area (Å²) in [5.74, 6) is 0.165. The van der Waals surface area contributed by atoms with Crippen LogP contribution in [0.15, 0.2) is 62.6 Å². The second kappa shape index (κ2) is 8.56. The highest BCUT2D eigenvalue weighted by molar-refractivity contribution is 5.77. The van der Waals surface area contributed by atoms with Crippen molar-refractivity contribution < 1.29 is 22.4 Å². The first kappa shape index (κ1) is 22.1. The van der Waals surface area contributed by atoms with E-state index >= 15 is 0 Å². The Morgan fingerprint density at radius 2 is 1.79 bits per heavy atom. The number of para-hydroxylation sites is 1. The smallest absolute Gasteiger partial charge is 0.376 e. The number of benzene rings is 2. The van der Waals surface area contributed by atoms with Gasteiger partial charge >= 0.3 is 11.9 Å². The van der Waals surface area contributed by atoms with Gasteiger partial charge in [0.2, 0.25) is 11.7 Å². The molecule has 0 N–H and O–H groups in total. The highest BCUT2D eigenvalue weighted by Crippen LogP contribution is 2.30. The lowest BCUT2D eigenvalue weighted by molar-refractivity contribution is -0.137. The standard InChI is InChI=1S/C23H19F3N4O4/c24-23(25,26)15-9-7-14(8-10-15)20-27-19(34-28-20)13-29-18-6-2-1-5-17(18)21(31)30(22(29)32)12-16-4-3-11-33-16/h1-2,5-10,16H,3-4,11-13H2. The second-order valence-electron chi connectivity index (χ2n) is 8.02. The Hall–Kier alpha value is -3.73. The van der Waals surface area contributed by atoms with Crippen molar-refractivity contribution in [1.82, 2.24) is 19.3 Å². The number of ether oxygens (including phenoxy) is 1. The van der Waals surface area contributed by atoms with E-state index in [9.17, 15) is 22.8 Å². The van der Waals surface area contributed by atoms with Gasteiger partial charge in [-0.1, -0.05) is 29.4 Å². The molecule has 1 unspecified atom stereocenters. The fourth-order valence-electron chi connectivity index (χ4n) is 4.06. The molecule has 2 aromatic heterocycles. The van der Waals surface area contributed by atoms with E-state index < -0.39 is 23.0 Å². The van der Waals surface area contributed by atoms with Crippen molar-refractivity contribution in [2.24, 2.45) is 0 Å². The Morgan fingerprint density at radius 3 is 2.50 bits per heavy atom. The van der Waals surface area contributed by atoms with Crippen LogP contribution >= 0.6 is 0 Å². The van der Waals surface area contributed by atoms with Crippen molar-refractivity contribution in [3.63, 3.8) is 0 Å². The van der Waals surface area contributed by atoms with E-state index in [-0.39, 0.29) is 30.9 Å². The molecule has 0 aliphatic carbocycles. The molecule has 1 atom stereocenters. The maximum Gasteiger partial charge on any atom is 0.416 e. The molecule has 0 radical (unpaired) electrons. The van der Waals surface area contributed by atoms with E-state index in [1.807, 2.05) is 0 Å². The normalized spacial score (nSPS) is 16.4. The molecule has 0 saturated carbocycles. The first-order valence-electron chi connectivity index (χ1n) is 10.7.